The lowest BCUT2D eigenvalue weighted by Crippen LogP contribution is -2.27. The van der Waals surface area contributed by atoms with E-state index in [2.05, 4.69) is 0 Å². The van der Waals surface area contributed by atoms with Gasteiger partial charge in [0.05, 0.1) is 12.2 Å². The summed E-state index contributed by atoms with van der Waals surface area (Å²) in [6, 6.07) is 0. The Morgan fingerprint density at radius 1 is 0.714 bits per heavy atom. The van der Waals surface area contributed by atoms with Crippen LogP contribution in [0.5, 0.6) is 0 Å². The Morgan fingerprint density at radius 2 is 1.05 bits per heavy atom. The first-order chi connectivity index (χ1) is 9.69. The molecular weight excluding hydrogens is 316 g/mol. The van der Waals surface area contributed by atoms with Gasteiger partial charge in [-0.05, 0) is 25.7 Å². The first-order valence-corrected chi connectivity index (χ1v) is 10.7. The molecule has 2 atom stereocenters. The van der Waals surface area contributed by atoms with E-state index in [0.29, 0.717) is 25.7 Å². The normalized spacial score (nSPS) is 15.8. The van der Waals surface area contributed by atoms with Crippen molar-refractivity contribution in [2.24, 2.45) is 0 Å². The molecule has 0 N–H and O–H groups in total. The summed E-state index contributed by atoms with van der Waals surface area (Å²) >= 11 is 0. The quantitative estimate of drug-likeness (QED) is 0.506. The van der Waals surface area contributed by atoms with E-state index in [1.54, 1.807) is 13.8 Å². The van der Waals surface area contributed by atoms with Crippen molar-refractivity contribution < 1.29 is 25.2 Å². The summed E-state index contributed by atoms with van der Waals surface area (Å²) in [6.07, 6.45) is 2.76. The molecule has 0 fully saturated rings. The van der Waals surface area contributed by atoms with Gasteiger partial charge in [-0.25, -0.2) is 0 Å². The molecule has 0 radical (unpaired) electrons. The van der Waals surface area contributed by atoms with Gasteiger partial charge in [0.1, 0.15) is 0 Å². The molecule has 128 valence electrons. The Morgan fingerprint density at radius 3 is 1.29 bits per heavy atom. The maximum Gasteiger partial charge on any atom is 0.284 e. The first kappa shape index (κ1) is 20.8. The summed E-state index contributed by atoms with van der Waals surface area (Å²) in [5.74, 6) is 0. The minimum Gasteiger partial charge on any atom is -0.266 e. The minimum atomic E-state index is -4.15. The van der Waals surface area contributed by atoms with Crippen molar-refractivity contribution in [3.63, 3.8) is 0 Å². The van der Waals surface area contributed by atoms with Gasteiger partial charge < -0.3 is 0 Å². The number of hydrogen-bond donors (Lipinski definition) is 0. The first-order valence-electron chi connectivity index (χ1n) is 7.51. The largest absolute Gasteiger partial charge is 0.284 e. The molecule has 0 bridgehead atoms. The van der Waals surface area contributed by atoms with Crippen LogP contribution >= 0.6 is 0 Å². The molecule has 8 heteroatoms. The summed E-state index contributed by atoms with van der Waals surface area (Å²) in [5.41, 5.74) is 0. The van der Waals surface area contributed by atoms with Crippen molar-refractivity contribution in [2.45, 2.75) is 78.4 Å². The molecule has 0 saturated carbocycles. The summed E-state index contributed by atoms with van der Waals surface area (Å²) in [6.45, 7) is 7.43. The van der Waals surface area contributed by atoms with Crippen molar-refractivity contribution in [3.8, 4) is 0 Å². The maximum atomic E-state index is 11.8. The van der Waals surface area contributed by atoms with Gasteiger partial charge in [-0.15, -0.1) is 0 Å². The van der Waals surface area contributed by atoms with Crippen molar-refractivity contribution >= 4 is 20.2 Å². The van der Waals surface area contributed by atoms with Crippen molar-refractivity contribution in [1.29, 1.82) is 0 Å². The highest BCUT2D eigenvalue weighted by molar-refractivity contribution is 8.03. The second-order valence-electron chi connectivity index (χ2n) is 5.06. The third-order valence-electron chi connectivity index (χ3n) is 2.99. The highest BCUT2D eigenvalue weighted by Gasteiger charge is 2.28. The molecule has 0 aliphatic heterocycles. The smallest absolute Gasteiger partial charge is 0.266 e. The molecule has 0 heterocycles. The van der Waals surface area contributed by atoms with Gasteiger partial charge in [0.25, 0.3) is 20.2 Å². The number of rotatable bonds is 12. The van der Waals surface area contributed by atoms with E-state index < -0.39 is 37.5 Å². The summed E-state index contributed by atoms with van der Waals surface area (Å²) in [4.78, 5) is 0. The molecule has 2 unspecified atom stereocenters. The topological polar surface area (TPSA) is 86.7 Å². The van der Waals surface area contributed by atoms with E-state index in [9.17, 15) is 16.8 Å². The van der Waals surface area contributed by atoms with Gasteiger partial charge in [0.2, 0.25) is 5.08 Å². The molecule has 6 nitrogen and oxygen atoms in total. The van der Waals surface area contributed by atoms with Crippen molar-refractivity contribution in [3.05, 3.63) is 0 Å². The lowest BCUT2D eigenvalue weighted by molar-refractivity contribution is 0.188. The molecule has 0 amide bonds. The molecule has 0 aromatic rings. The van der Waals surface area contributed by atoms with Crippen LogP contribution in [0.15, 0.2) is 0 Å². The van der Waals surface area contributed by atoms with E-state index in [-0.39, 0.29) is 0 Å². The third kappa shape index (κ3) is 9.44. The summed E-state index contributed by atoms with van der Waals surface area (Å²) in [5, 5.41) is -1.12. The monoisotopic (exact) mass is 344 g/mol. The molecule has 0 rings (SSSR count). The van der Waals surface area contributed by atoms with E-state index in [1.807, 2.05) is 13.8 Å². The standard InChI is InChI=1S/C13H28O6S2/c1-5-9-12(7-3)18-20(14,15)11-21(16,17)19-13(8-4)10-6-2/h12-13H,5-11H2,1-4H3. The molecule has 0 aromatic heterocycles. The van der Waals surface area contributed by atoms with E-state index in [4.69, 9.17) is 8.37 Å². The van der Waals surface area contributed by atoms with Gasteiger partial charge in [0.15, 0.2) is 0 Å². The molecule has 0 aliphatic carbocycles. The fraction of sp³-hybridized carbons (Fsp3) is 1.00. The lowest BCUT2D eigenvalue weighted by atomic mass is 10.2. The van der Waals surface area contributed by atoms with Crippen LogP contribution in [0, 0.1) is 0 Å². The fourth-order valence-electron chi connectivity index (χ4n) is 1.93. The molecule has 0 aliphatic rings. The van der Waals surface area contributed by atoms with Crippen LogP contribution in [0.3, 0.4) is 0 Å². The molecular formula is C13H28O6S2. The van der Waals surface area contributed by atoms with Crippen LogP contribution in [-0.2, 0) is 28.6 Å². The molecule has 0 spiro atoms. The second kappa shape index (κ2) is 9.76. The average molecular weight is 344 g/mol. The fourth-order valence-corrected chi connectivity index (χ4v) is 5.08. The SMILES string of the molecule is CCCC(CC)OS(=O)(=O)CS(=O)(=O)OC(CC)CCC. The Balaban J connectivity index is 4.75. The Labute approximate surface area is 129 Å². The van der Waals surface area contributed by atoms with Crippen LogP contribution in [-0.4, -0.2) is 34.1 Å². The number of hydrogen-bond acceptors (Lipinski definition) is 6. The predicted molar refractivity (Wildman–Crippen MR) is 82.9 cm³/mol. The summed E-state index contributed by atoms with van der Waals surface area (Å²) < 4.78 is 57.2. The summed E-state index contributed by atoms with van der Waals surface area (Å²) in [7, 11) is -8.31. The lowest BCUT2D eigenvalue weighted by Gasteiger charge is -2.17. The Kier molecular flexibility index (Phi) is 9.68. The van der Waals surface area contributed by atoms with Gasteiger partial charge in [0, 0.05) is 0 Å². The van der Waals surface area contributed by atoms with Gasteiger partial charge >= 0.3 is 0 Å². The van der Waals surface area contributed by atoms with Gasteiger partial charge in [-0.1, -0.05) is 40.5 Å². The zero-order valence-electron chi connectivity index (χ0n) is 13.4. The zero-order valence-corrected chi connectivity index (χ0v) is 15.0. The highest BCUT2D eigenvalue weighted by atomic mass is 32.3. The van der Waals surface area contributed by atoms with Crippen LogP contribution in [0.1, 0.15) is 66.2 Å². The van der Waals surface area contributed by atoms with E-state index >= 15 is 0 Å². The van der Waals surface area contributed by atoms with Gasteiger partial charge in [-0.3, -0.25) is 8.37 Å². The van der Waals surface area contributed by atoms with Crippen LogP contribution in [0.2, 0.25) is 0 Å². The average Bonchev–Trinajstić information content (AvgIpc) is 2.35. The van der Waals surface area contributed by atoms with E-state index in [1.165, 1.54) is 0 Å². The molecule has 21 heavy (non-hydrogen) atoms. The van der Waals surface area contributed by atoms with E-state index in [0.717, 1.165) is 12.8 Å². The Bertz CT molecular complexity index is 425. The van der Waals surface area contributed by atoms with Crippen LogP contribution in [0.4, 0.5) is 0 Å². The van der Waals surface area contributed by atoms with Gasteiger partial charge in [-0.2, -0.15) is 16.8 Å². The second-order valence-corrected chi connectivity index (χ2v) is 8.62. The van der Waals surface area contributed by atoms with Crippen LogP contribution in [0.25, 0.3) is 0 Å². The maximum absolute atomic E-state index is 11.8. The third-order valence-corrected chi connectivity index (χ3v) is 6.43. The Hall–Kier alpha value is -0.180. The molecule has 0 saturated heterocycles. The zero-order chi connectivity index (χ0) is 16.5. The highest BCUT2D eigenvalue weighted by Crippen LogP contribution is 2.15. The van der Waals surface area contributed by atoms with Crippen LogP contribution < -0.4 is 0 Å². The van der Waals surface area contributed by atoms with Crippen molar-refractivity contribution in [1.82, 2.24) is 0 Å². The minimum absolute atomic E-state index is 0.479. The predicted octanol–water partition coefficient (Wildman–Crippen LogP) is 2.79. The van der Waals surface area contributed by atoms with Crippen molar-refractivity contribution in [2.75, 3.05) is 5.08 Å². The molecule has 0 aromatic carbocycles.